The quantitative estimate of drug-likeness (QED) is 0.623. The Morgan fingerprint density at radius 1 is 1.16 bits per heavy atom. The highest BCUT2D eigenvalue weighted by atomic mass is 19.4. The minimum absolute atomic E-state index is 0.00527. The average Bonchev–Trinajstić information content (AvgIpc) is 2.70. The zero-order valence-electron chi connectivity index (χ0n) is 9.69. The highest BCUT2D eigenvalue weighted by Crippen LogP contribution is 2.27. The van der Waals surface area contributed by atoms with Crippen LogP contribution in [0.2, 0.25) is 0 Å². The molecule has 0 N–H and O–H groups in total. The standard InChI is InChI=1S/C11H8F4N4/c1-7-17-18-10(11(13,14)15)19(7)16-6-8-2-4-9(12)5-3-8/h2-6H,1H3/b16-6-. The zero-order chi connectivity index (χ0) is 14.0. The van der Waals surface area contributed by atoms with Crippen molar-refractivity contribution in [3.8, 4) is 0 Å². The summed E-state index contributed by atoms with van der Waals surface area (Å²) in [5.41, 5.74) is 0.461. The van der Waals surface area contributed by atoms with E-state index in [-0.39, 0.29) is 5.82 Å². The summed E-state index contributed by atoms with van der Waals surface area (Å²) in [5, 5.41) is 10.0. The molecule has 2 rings (SSSR count). The molecule has 0 aliphatic rings. The van der Waals surface area contributed by atoms with Gasteiger partial charge in [0, 0.05) is 0 Å². The average molecular weight is 272 g/mol. The number of aryl methyl sites for hydroxylation is 1. The van der Waals surface area contributed by atoms with E-state index >= 15 is 0 Å². The van der Waals surface area contributed by atoms with E-state index in [4.69, 9.17) is 0 Å². The number of alkyl halides is 3. The maximum absolute atomic E-state index is 12.7. The van der Waals surface area contributed by atoms with Crippen LogP contribution in [0.25, 0.3) is 0 Å². The monoisotopic (exact) mass is 272 g/mol. The number of aromatic nitrogens is 3. The summed E-state index contributed by atoms with van der Waals surface area (Å²) in [4.78, 5) is 0. The molecule has 0 aliphatic heterocycles. The Bertz CT molecular complexity index is 598. The second kappa shape index (κ2) is 4.79. The fraction of sp³-hybridized carbons (Fsp3) is 0.182. The van der Waals surface area contributed by atoms with Crippen LogP contribution in [0.4, 0.5) is 17.6 Å². The minimum Gasteiger partial charge on any atom is -0.207 e. The fourth-order valence-electron chi connectivity index (χ4n) is 1.35. The smallest absolute Gasteiger partial charge is 0.207 e. The summed E-state index contributed by atoms with van der Waals surface area (Å²) in [6.45, 7) is 1.35. The van der Waals surface area contributed by atoms with Crippen LogP contribution in [0.5, 0.6) is 0 Å². The second-order valence-electron chi connectivity index (χ2n) is 3.68. The Morgan fingerprint density at radius 2 is 1.79 bits per heavy atom. The molecular weight excluding hydrogens is 264 g/mol. The molecule has 8 heteroatoms. The van der Waals surface area contributed by atoms with Gasteiger partial charge in [-0.1, -0.05) is 12.1 Å². The van der Waals surface area contributed by atoms with Gasteiger partial charge in [0.2, 0.25) is 0 Å². The van der Waals surface area contributed by atoms with Gasteiger partial charge >= 0.3 is 6.18 Å². The number of nitrogens with zero attached hydrogens (tertiary/aromatic N) is 4. The Hall–Kier alpha value is -2.25. The summed E-state index contributed by atoms with van der Waals surface area (Å²) in [7, 11) is 0. The number of hydrogen-bond donors (Lipinski definition) is 0. The third kappa shape index (κ3) is 2.95. The van der Waals surface area contributed by atoms with Gasteiger partial charge < -0.3 is 0 Å². The van der Waals surface area contributed by atoms with E-state index in [2.05, 4.69) is 15.3 Å². The van der Waals surface area contributed by atoms with Crippen LogP contribution in [0.1, 0.15) is 17.2 Å². The Balaban J connectivity index is 2.33. The molecule has 0 radical (unpaired) electrons. The molecule has 1 aromatic carbocycles. The second-order valence-corrected chi connectivity index (χ2v) is 3.68. The molecule has 2 aromatic rings. The Kier molecular flexibility index (Phi) is 3.32. The molecule has 0 amide bonds. The third-order valence-corrected chi connectivity index (χ3v) is 2.24. The molecule has 1 aromatic heterocycles. The lowest BCUT2D eigenvalue weighted by Gasteiger charge is -2.05. The van der Waals surface area contributed by atoms with Gasteiger partial charge in [-0.25, -0.2) is 4.39 Å². The highest BCUT2D eigenvalue weighted by molar-refractivity contribution is 5.79. The first-order valence-corrected chi connectivity index (χ1v) is 5.17. The third-order valence-electron chi connectivity index (χ3n) is 2.24. The number of halogens is 4. The first-order chi connectivity index (χ1) is 8.88. The molecule has 0 bridgehead atoms. The van der Waals surface area contributed by atoms with E-state index in [0.29, 0.717) is 10.2 Å². The summed E-state index contributed by atoms with van der Waals surface area (Å²) in [5.74, 6) is -1.64. The lowest BCUT2D eigenvalue weighted by molar-refractivity contribution is -0.147. The molecule has 100 valence electrons. The van der Waals surface area contributed by atoms with Gasteiger partial charge in [-0.05, 0) is 24.6 Å². The predicted molar refractivity (Wildman–Crippen MR) is 59.2 cm³/mol. The maximum Gasteiger partial charge on any atom is 0.453 e. The van der Waals surface area contributed by atoms with Crippen LogP contribution in [0.15, 0.2) is 29.4 Å². The topological polar surface area (TPSA) is 43.1 Å². The summed E-state index contributed by atoms with van der Waals surface area (Å²) in [6.07, 6.45) is -3.47. The minimum atomic E-state index is -4.64. The molecule has 19 heavy (non-hydrogen) atoms. The lowest BCUT2D eigenvalue weighted by atomic mass is 10.2. The van der Waals surface area contributed by atoms with Crippen molar-refractivity contribution in [2.24, 2.45) is 5.10 Å². The van der Waals surface area contributed by atoms with Gasteiger partial charge in [-0.15, -0.1) is 10.2 Å². The van der Waals surface area contributed by atoms with Gasteiger partial charge in [0.1, 0.15) is 5.82 Å². The van der Waals surface area contributed by atoms with Crippen molar-refractivity contribution in [1.82, 2.24) is 14.9 Å². The van der Waals surface area contributed by atoms with Crippen LogP contribution < -0.4 is 0 Å². The van der Waals surface area contributed by atoms with Gasteiger partial charge in [-0.3, -0.25) is 0 Å². The zero-order valence-corrected chi connectivity index (χ0v) is 9.69. The van der Waals surface area contributed by atoms with Crippen molar-refractivity contribution in [3.63, 3.8) is 0 Å². The van der Waals surface area contributed by atoms with Crippen molar-refractivity contribution in [1.29, 1.82) is 0 Å². The molecule has 0 aliphatic carbocycles. The molecule has 0 fully saturated rings. The predicted octanol–water partition coefficient (Wildman–Crippen LogP) is 2.63. The number of hydrogen-bond acceptors (Lipinski definition) is 3. The van der Waals surface area contributed by atoms with Crippen LogP contribution >= 0.6 is 0 Å². The van der Waals surface area contributed by atoms with E-state index < -0.39 is 17.8 Å². The van der Waals surface area contributed by atoms with E-state index in [1.54, 1.807) is 0 Å². The lowest BCUT2D eigenvalue weighted by Crippen LogP contribution is -2.13. The van der Waals surface area contributed by atoms with Crippen LogP contribution in [-0.2, 0) is 6.18 Å². The number of rotatable bonds is 2. The van der Waals surface area contributed by atoms with Gasteiger partial charge in [0.05, 0.1) is 6.21 Å². The maximum atomic E-state index is 12.7. The summed E-state index contributed by atoms with van der Waals surface area (Å²) >= 11 is 0. The Morgan fingerprint density at radius 3 is 2.37 bits per heavy atom. The summed E-state index contributed by atoms with van der Waals surface area (Å²) < 4.78 is 51.0. The van der Waals surface area contributed by atoms with E-state index in [0.717, 1.165) is 0 Å². The molecule has 0 saturated heterocycles. The Labute approximate surface area is 105 Å². The SMILES string of the molecule is Cc1nnc(C(F)(F)F)n1/N=C\c1ccc(F)cc1. The van der Waals surface area contributed by atoms with E-state index in [1.165, 1.54) is 37.4 Å². The van der Waals surface area contributed by atoms with Gasteiger partial charge in [-0.2, -0.15) is 22.9 Å². The van der Waals surface area contributed by atoms with Crippen LogP contribution in [-0.4, -0.2) is 21.1 Å². The molecule has 4 nitrogen and oxygen atoms in total. The molecule has 1 heterocycles. The highest BCUT2D eigenvalue weighted by Gasteiger charge is 2.38. The summed E-state index contributed by atoms with van der Waals surface area (Å²) in [6, 6.07) is 5.16. The normalized spacial score (nSPS) is 12.3. The van der Waals surface area contributed by atoms with Crippen molar-refractivity contribution < 1.29 is 17.6 Å². The van der Waals surface area contributed by atoms with Crippen molar-refractivity contribution in [2.75, 3.05) is 0 Å². The van der Waals surface area contributed by atoms with Crippen LogP contribution in [0.3, 0.4) is 0 Å². The molecular formula is C11H8F4N4. The van der Waals surface area contributed by atoms with Crippen molar-refractivity contribution in [2.45, 2.75) is 13.1 Å². The van der Waals surface area contributed by atoms with E-state index in [9.17, 15) is 17.6 Å². The first-order valence-electron chi connectivity index (χ1n) is 5.17. The van der Waals surface area contributed by atoms with Crippen molar-refractivity contribution >= 4 is 6.21 Å². The fourth-order valence-corrected chi connectivity index (χ4v) is 1.35. The van der Waals surface area contributed by atoms with Crippen LogP contribution in [0, 0.1) is 12.7 Å². The molecule has 0 atom stereocenters. The molecule has 0 saturated carbocycles. The van der Waals surface area contributed by atoms with Gasteiger partial charge in [0.15, 0.2) is 5.82 Å². The number of benzene rings is 1. The first kappa shape index (κ1) is 13.2. The molecule has 0 spiro atoms. The largest absolute Gasteiger partial charge is 0.453 e. The van der Waals surface area contributed by atoms with Gasteiger partial charge in [0.25, 0.3) is 5.82 Å². The van der Waals surface area contributed by atoms with E-state index in [1.807, 2.05) is 0 Å². The molecule has 0 unspecified atom stereocenters. The van der Waals surface area contributed by atoms with Crippen molar-refractivity contribution in [3.05, 3.63) is 47.3 Å².